The molecule has 3 unspecified atom stereocenters. The minimum Gasteiger partial charge on any atom is -0.502 e. The van der Waals surface area contributed by atoms with E-state index in [0.717, 1.165) is 5.76 Å². The van der Waals surface area contributed by atoms with Gasteiger partial charge in [-0.3, -0.25) is 0 Å². The Balaban J connectivity index is 1.82. The van der Waals surface area contributed by atoms with Crippen molar-refractivity contribution < 1.29 is 14.0 Å². The summed E-state index contributed by atoms with van der Waals surface area (Å²) < 4.78 is 14.0. The summed E-state index contributed by atoms with van der Waals surface area (Å²) in [5.41, 5.74) is 6.30. The van der Waals surface area contributed by atoms with Crippen LogP contribution in [-0.2, 0) is 9.47 Å². The topological polar surface area (TPSA) is 22.3 Å². The molecule has 0 aliphatic carbocycles. The lowest BCUT2D eigenvalue weighted by Gasteiger charge is -2.30. The van der Waals surface area contributed by atoms with Gasteiger partial charge < -0.3 is 9.47 Å². The molecule has 3 aromatic rings. The highest BCUT2D eigenvalue weighted by atomic mass is 16.5. The lowest BCUT2D eigenvalue weighted by Crippen LogP contribution is -2.48. The molecule has 0 fully saturated rings. The molecule has 154 valence electrons. The van der Waals surface area contributed by atoms with Gasteiger partial charge in [-0.05, 0) is 62.2 Å². The number of nitrogens with zero attached hydrogens (tertiary/aromatic N) is 1. The van der Waals surface area contributed by atoms with Gasteiger partial charge in [0.2, 0.25) is 11.2 Å². The standard InChI is InChI=1S/C27H30NO2/c1-6-25-24(17-30-20(4)16-19(3)29-5)22-9-7-8-10-23(22)26-14-13-21-12-11-18(2)15-27(21)28(25)26/h6-16,20,24-25H,1,17H2,2-5H3/q+1/b19-16-. The summed E-state index contributed by atoms with van der Waals surface area (Å²) in [6.07, 6.45) is 4.05. The summed E-state index contributed by atoms with van der Waals surface area (Å²) in [5.74, 6) is 1.05. The predicted octanol–water partition coefficient (Wildman–Crippen LogP) is 5.88. The normalized spacial score (nSPS) is 19.1. The van der Waals surface area contributed by atoms with Crippen LogP contribution in [0.25, 0.3) is 22.2 Å². The molecule has 4 rings (SSSR count). The van der Waals surface area contributed by atoms with Crippen LogP contribution < -0.4 is 4.57 Å². The first-order chi connectivity index (χ1) is 14.5. The molecule has 3 nitrogen and oxygen atoms in total. The zero-order valence-corrected chi connectivity index (χ0v) is 18.3. The highest BCUT2D eigenvalue weighted by Gasteiger charge is 2.39. The van der Waals surface area contributed by atoms with E-state index >= 15 is 0 Å². The molecule has 0 amide bonds. The molecule has 0 N–H and O–H groups in total. The number of allylic oxidation sites excluding steroid dienone is 2. The van der Waals surface area contributed by atoms with E-state index < -0.39 is 0 Å². The molecule has 3 atom stereocenters. The molecule has 0 saturated heterocycles. The van der Waals surface area contributed by atoms with Crippen molar-refractivity contribution >= 4 is 10.9 Å². The quantitative estimate of drug-likeness (QED) is 0.293. The Hall–Kier alpha value is -2.91. The van der Waals surface area contributed by atoms with Crippen LogP contribution in [0.5, 0.6) is 0 Å². The summed E-state index contributed by atoms with van der Waals surface area (Å²) in [5, 5.41) is 1.24. The Morgan fingerprint density at radius 3 is 2.70 bits per heavy atom. The fraction of sp³-hybridized carbons (Fsp3) is 0.296. The van der Waals surface area contributed by atoms with E-state index in [0.29, 0.717) is 6.61 Å². The van der Waals surface area contributed by atoms with Crippen molar-refractivity contribution in [3.8, 4) is 11.3 Å². The van der Waals surface area contributed by atoms with E-state index in [9.17, 15) is 0 Å². The minimum absolute atomic E-state index is 0.0243. The first-order valence-electron chi connectivity index (χ1n) is 10.5. The van der Waals surface area contributed by atoms with Crippen molar-refractivity contribution in [2.24, 2.45) is 0 Å². The molecule has 30 heavy (non-hydrogen) atoms. The SMILES string of the molecule is C=CC1C(COC(C)/C=C(/C)OC)c2ccccc2-c2ccc3ccc(C)cc3[n+]21. The number of methoxy groups -OCH3 is 1. The third kappa shape index (κ3) is 3.66. The Morgan fingerprint density at radius 1 is 1.17 bits per heavy atom. The maximum atomic E-state index is 6.28. The van der Waals surface area contributed by atoms with Gasteiger partial charge in [0.1, 0.15) is 0 Å². The van der Waals surface area contributed by atoms with Gasteiger partial charge in [-0.15, -0.1) is 0 Å². The number of hydrogen-bond donors (Lipinski definition) is 0. The summed E-state index contributed by atoms with van der Waals surface area (Å²) in [6.45, 7) is 11.0. The number of hydrogen-bond acceptors (Lipinski definition) is 2. The number of benzene rings is 2. The van der Waals surface area contributed by atoms with Gasteiger partial charge in [-0.2, -0.15) is 4.57 Å². The van der Waals surface area contributed by atoms with Crippen LogP contribution >= 0.6 is 0 Å². The Morgan fingerprint density at radius 2 is 1.93 bits per heavy atom. The smallest absolute Gasteiger partial charge is 0.213 e. The molecule has 1 aliphatic heterocycles. The van der Waals surface area contributed by atoms with E-state index in [1.54, 1.807) is 7.11 Å². The fourth-order valence-corrected chi connectivity index (χ4v) is 4.50. The van der Waals surface area contributed by atoms with Gasteiger partial charge in [-0.1, -0.05) is 30.8 Å². The van der Waals surface area contributed by atoms with Crippen molar-refractivity contribution in [1.82, 2.24) is 0 Å². The molecule has 3 heteroatoms. The van der Waals surface area contributed by atoms with Crippen LogP contribution in [0, 0.1) is 6.92 Å². The molecule has 0 bridgehead atoms. The lowest BCUT2D eigenvalue weighted by atomic mass is 9.83. The molecule has 2 aromatic carbocycles. The summed E-state index contributed by atoms with van der Waals surface area (Å²) in [6, 6.07) is 19.9. The number of aromatic nitrogens is 1. The van der Waals surface area contributed by atoms with Gasteiger partial charge in [-0.25, -0.2) is 0 Å². The first kappa shape index (κ1) is 20.4. The molecule has 2 heterocycles. The predicted molar refractivity (Wildman–Crippen MR) is 122 cm³/mol. The third-order valence-corrected chi connectivity index (χ3v) is 6.04. The van der Waals surface area contributed by atoms with E-state index in [1.165, 1.54) is 33.3 Å². The molecule has 0 saturated carbocycles. The maximum absolute atomic E-state index is 6.28. The molecule has 0 radical (unpaired) electrons. The second kappa shape index (κ2) is 8.45. The van der Waals surface area contributed by atoms with E-state index in [1.807, 2.05) is 13.0 Å². The van der Waals surface area contributed by atoms with Crippen LogP contribution in [0.4, 0.5) is 0 Å². The van der Waals surface area contributed by atoms with Crippen molar-refractivity contribution in [3.05, 3.63) is 90.2 Å². The van der Waals surface area contributed by atoms with Gasteiger partial charge in [0.15, 0.2) is 6.04 Å². The number of rotatable bonds is 6. The summed E-state index contributed by atoms with van der Waals surface area (Å²) in [4.78, 5) is 0. The van der Waals surface area contributed by atoms with Crippen LogP contribution in [0.1, 0.15) is 36.9 Å². The molecule has 0 spiro atoms. The van der Waals surface area contributed by atoms with E-state index in [-0.39, 0.29) is 18.1 Å². The summed E-state index contributed by atoms with van der Waals surface area (Å²) in [7, 11) is 1.68. The molecule has 1 aliphatic rings. The zero-order valence-electron chi connectivity index (χ0n) is 18.3. The van der Waals surface area contributed by atoms with Crippen LogP contribution in [-0.4, -0.2) is 19.8 Å². The van der Waals surface area contributed by atoms with Crippen molar-refractivity contribution in [1.29, 1.82) is 0 Å². The summed E-state index contributed by atoms with van der Waals surface area (Å²) >= 11 is 0. The first-order valence-corrected chi connectivity index (χ1v) is 10.5. The molecular formula is C27H30NO2+. The second-order valence-corrected chi connectivity index (χ2v) is 8.09. The zero-order chi connectivity index (χ0) is 21.3. The van der Waals surface area contributed by atoms with Crippen molar-refractivity contribution in [3.63, 3.8) is 0 Å². The Labute approximate surface area is 179 Å². The number of ether oxygens (including phenoxy) is 2. The van der Waals surface area contributed by atoms with Gasteiger partial charge >= 0.3 is 0 Å². The van der Waals surface area contributed by atoms with Crippen molar-refractivity contribution in [2.45, 2.75) is 38.8 Å². The number of fused-ring (bicyclic) bond motifs is 5. The highest BCUT2D eigenvalue weighted by molar-refractivity contribution is 5.79. The fourth-order valence-electron chi connectivity index (χ4n) is 4.50. The highest BCUT2D eigenvalue weighted by Crippen LogP contribution is 2.40. The number of pyridine rings is 1. The molecular weight excluding hydrogens is 370 g/mol. The van der Waals surface area contributed by atoms with Gasteiger partial charge in [0, 0.05) is 23.1 Å². The Kier molecular flexibility index (Phi) is 5.74. The van der Waals surface area contributed by atoms with Gasteiger partial charge in [0.25, 0.3) is 0 Å². The largest absolute Gasteiger partial charge is 0.502 e. The Bertz CT molecular complexity index is 1120. The van der Waals surface area contributed by atoms with Gasteiger partial charge in [0.05, 0.1) is 31.5 Å². The van der Waals surface area contributed by atoms with E-state index in [4.69, 9.17) is 9.47 Å². The lowest BCUT2D eigenvalue weighted by molar-refractivity contribution is -0.682. The molecule has 1 aromatic heterocycles. The number of aryl methyl sites for hydroxylation is 1. The van der Waals surface area contributed by atoms with E-state index in [2.05, 4.69) is 85.7 Å². The van der Waals surface area contributed by atoms with Crippen LogP contribution in [0.3, 0.4) is 0 Å². The van der Waals surface area contributed by atoms with Crippen LogP contribution in [0.2, 0.25) is 0 Å². The average Bonchev–Trinajstić information content (AvgIpc) is 2.76. The third-order valence-electron chi connectivity index (χ3n) is 6.04. The monoisotopic (exact) mass is 400 g/mol. The maximum Gasteiger partial charge on any atom is 0.213 e. The minimum atomic E-state index is -0.0243. The van der Waals surface area contributed by atoms with Crippen LogP contribution in [0.15, 0.2) is 79.1 Å². The second-order valence-electron chi connectivity index (χ2n) is 8.09. The average molecular weight is 401 g/mol. The van der Waals surface area contributed by atoms with Crippen molar-refractivity contribution in [2.75, 3.05) is 13.7 Å².